The van der Waals surface area contributed by atoms with Crippen molar-refractivity contribution in [3.05, 3.63) is 71.3 Å². The number of benzene rings is 2. The van der Waals surface area contributed by atoms with E-state index in [1.165, 1.54) is 12.1 Å². The molecule has 2 atom stereocenters. The molecule has 0 spiro atoms. The predicted octanol–water partition coefficient (Wildman–Crippen LogP) is 3.75. The van der Waals surface area contributed by atoms with Gasteiger partial charge in [0.1, 0.15) is 0 Å². The zero-order valence-electron chi connectivity index (χ0n) is 15.3. The van der Waals surface area contributed by atoms with Crippen LogP contribution in [0.15, 0.2) is 54.6 Å². The standard InChI is InChI=1S/C22H21F2NO3/c23-22(24)18-14-25(13-12-21(18,22)17-4-2-1-3-5-17)19(26)11-8-15-6-9-16(10-7-15)20(27)28/h1-7,9-10,18H,8,11-14H2,(H,27,28). The molecular weight excluding hydrogens is 364 g/mol. The lowest BCUT2D eigenvalue weighted by molar-refractivity contribution is -0.132. The Morgan fingerprint density at radius 2 is 1.75 bits per heavy atom. The second-order valence-electron chi connectivity index (χ2n) is 7.60. The number of likely N-dealkylation sites (tertiary alicyclic amines) is 1. The maximum absolute atomic E-state index is 14.6. The number of nitrogens with zero attached hydrogens (tertiary/aromatic N) is 1. The number of halogens is 2. The molecule has 1 aliphatic heterocycles. The number of hydrogen-bond acceptors (Lipinski definition) is 2. The summed E-state index contributed by atoms with van der Waals surface area (Å²) in [6.07, 6.45) is 0.955. The Kier molecular flexibility index (Phi) is 4.44. The summed E-state index contributed by atoms with van der Waals surface area (Å²) >= 11 is 0. The highest BCUT2D eigenvalue weighted by Gasteiger charge is 2.81. The van der Waals surface area contributed by atoms with Gasteiger partial charge in [0.15, 0.2) is 0 Å². The number of carboxylic acids is 1. The van der Waals surface area contributed by atoms with Gasteiger partial charge in [-0.25, -0.2) is 13.6 Å². The number of carbonyl (C=O) groups excluding carboxylic acids is 1. The van der Waals surface area contributed by atoms with Crippen molar-refractivity contribution in [1.29, 1.82) is 0 Å². The number of fused-ring (bicyclic) bond motifs is 1. The number of rotatable bonds is 5. The molecule has 4 nitrogen and oxygen atoms in total. The lowest BCUT2D eigenvalue weighted by Gasteiger charge is -2.30. The first kappa shape index (κ1) is 18.6. The topological polar surface area (TPSA) is 57.6 Å². The van der Waals surface area contributed by atoms with Gasteiger partial charge in [-0.3, -0.25) is 4.79 Å². The summed E-state index contributed by atoms with van der Waals surface area (Å²) in [5.41, 5.74) is 0.582. The van der Waals surface area contributed by atoms with Gasteiger partial charge >= 0.3 is 5.97 Å². The summed E-state index contributed by atoms with van der Waals surface area (Å²) in [5, 5.41) is 8.92. The molecule has 0 bridgehead atoms. The van der Waals surface area contributed by atoms with E-state index in [9.17, 15) is 18.4 Å². The van der Waals surface area contributed by atoms with Crippen LogP contribution in [0.3, 0.4) is 0 Å². The quantitative estimate of drug-likeness (QED) is 0.853. The molecule has 0 radical (unpaired) electrons. The molecule has 1 saturated heterocycles. The number of aryl methyl sites for hydroxylation is 1. The molecule has 1 aliphatic carbocycles. The maximum atomic E-state index is 14.6. The van der Waals surface area contributed by atoms with Crippen LogP contribution >= 0.6 is 0 Å². The Bertz CT molecular complexity index is 898. The number of carboxylic acid groups (broad SMARTS) is 1. The van der Waals surface area contributed by atoms with Gasteiger partial charge in [0, 0.05) is 19.5 Å². The van der Waals surface area contributed by atoms with Crippen molar-refractivity contribution in [2.75, 3.05) is 13.1 Å². The molecule has 2 aromatic carbocycles. The van der Waals surface area contributed by atoms with Crippen LogP contribution in [0, 0.1) is 5.92 Å². The molecule has 2 aliphatic rings. The first-order valence-electron chi connectivity index (χ1n) is 9.39. The smallest absolute Gasteiger partial charge is 0.335 e. The highest BCUT2D eigenvalue weighted by molar-refractivity contribution is 5.87. The normalized spacial score (nSPS) is 25.1. The van der Waals surface area contributed by atoms with Crippen LogP contribution in [-0.4, -0.2) is 40.9 Å². The summed E-state index contributed by atoms with van der Waals surface area (Å²) in [6, 6.07) is 15.3. The summed E-state index contributed by atoms with van der Waals surface area (Å²) in [7, 11) is 0. The van der Waals surface area contributed by atoms with E-state index in [1.54, 1.807) is 41.3 Å². The van der Waals surface area contributed by atoms with E-state index < -0.39 is 23.2 Å². The van der Waals surface area contributed by atoms with Gasteiger partial charge in [0.25, 0.3) is 5.92 Å². The van der Waals surface area contributed by atoms with Crippen LogP contribution < -0.4 is 0 Å². The molecule has 2 fully saturated rings. The molecule has 1 amide bonds. The third-order valence-electron chi connectivity index (χ3n) is 6.19. The zero-order valence-corrected chi connectivity index (χ0v) is 15.3. The van der Waals surface area contributed by atoms with E-state index in [0.717, 1.165) is 5.56 Å². The molecule has 4 rings (SSSR count). The van der Waals surface area contributed by atoms with Crippen molar-refractivity contribution in [1.82, 2.24) is 4.90 Å². The molecular formula is C22H21F2NO3. The summed E-state index contributed by atoms with van der Waals surface area (Å²) in [6.45, 7) is 0.413. The Labute approximate surface area is 161 Å². The molecule has 1 heterocycles. The maximum Gasteiger partial charge on any atom is 0.335 e. The van der Waals surface area contributed by atoms with E-state index in [2.05, 4.69) is 0 Å². The fourth-order valence-corrected chi connectivity index (χ4v) is 4.49. The summed E-state index contributed by atoms with van der Waals surface area (Å²) in [5.74, 6) is -4.74. The SMILES string of the molecule is O=C(O)c1ccc(CCC(=O)N2CCC3(c4ccccc4)C(C2)C3(F)F)cc1. The largest absolute Gasteiger partial charge is 0.478 e. The van der Waals surface area contributed by atoms with Crippen molar-refractivity contribution in [3.8, 4) is 0 Å². The molecule has 0 aromatic heterocycles. The van der Waals surface area contributed by atoms with Gasteiger partial charge in [-0.05, 0) is 36.1 Å². The number of amides is 1. The van der Waals surface area contributed by atoms with E-state index in [-0.39, 0.29) is 30.9 Å². The lowest BCUT2D eigenvalue weighted by atomic mass is 9.87. The van der Waals surface area contributed by atoms with E-state index >= 15 is 0 Å². The third kappa shape index (κ3) is 2.87. The molecule has 2 unspecified atom stereocenters. The van der Waals surface area contributed by atoms with Gasteiger partial charge in [-0.15, -0.1) is 0 Å². The van der Waals surface area contributed by atoms with Crippen molar-refractivity contribution in [2.24, 2.45) is 5.92 Å². The fourth-order valence-electron chi connectivity index (χ4n) is 4.49. The van der Waals surface area contributed by atoms with E-state index in [1.807, 2.05) is 6.07 Å². The average molecular weight is 385 g/mol. The molecule has 6 heteroatoms. The third-order valence-corrected chi connectivity index (χ3v) is 6.19. The van der Waals surface area contributed by atoms with Crippen LogP contribution in [0.4, 0.5) is 8.78 Å². The van der Waals surface area contributed by atoms with E-state index in [0.29, 0.717) is 18.5 Å². The van der Waals surface area contributed by atoms with E-state index in [4.69, 9.17) is 5.11 Å². The summed E-state index contributed by atoms with van der Waals surface area (Å²) < 4.78 is 29.3. The van der Waals surface area contributed by atoms with Gasteiger partial charge in [-0.1, -0.05) is 42.5 Å². The first-order chi connectivity index (χ1) is 13.4. The highest BCUT2D eigenvalue weighted by Crippen LogP contribution is 2.70. The zero-order chi connectivity index (χ0) is 19.9. The van der Waals surface area contributed by atoms with Gasteiger partial charge in [-0.2, -0.15) is 0 Å². The number of alkyl halides is 2. The Morgan fingerprint density at radius 3 is 2.36 bits per heavy atom. The van der Waals surface area contributed by atoms with Crippen LogP contribution in [0.5, 0.6) is 0 Å². The van der Waals surface area contributed by atoms with Crippen LogP contribution in [0.1, 0.15) is 34.3 Å². The average Bonchev–Trinajstić information content (AvgIpc) is 3.23. The minimum atomic E-state index is -2.78. The van der Waals surface area contributed by atoms with Crippen molar-refractivity contribution < 1.29 is 23.5 Å². The second-order valence-corrected chi connectivity index (χ2v) is 7.60. The minimum absolute atomic E-state index is 0.0820. The predicted molar refractivity (Wildman–Crippen MR) is 99.5 cm³/mol. The number of hydrogen-bond donors (Lipinski definition) is 1. The molecule has 1 saturated carbocycles. The molecule has 1 N–H and O–H groups in total. The van der Waals surface area contributed by atoms with Gasteiger partial charge in [0.2, 0.25) is 5.91 Å². The Balaban J connectivity index is 1.38. The fraction of sp³-hybridized carbons (Fsp3) is 0.364. The van der Waals surface area contributed by atoms with Crippen LogP contribution in [0.25, 0.3) is 0 Å². The highest BCUT2D eigenvalue weighted by atomic mass is 19.3. The van der Waals surface area contributed by atoms with Crippen molar-refractivity contribution >= 4 is 11.9 Å². The monoisotopic (exact) mass is 385 g/mol. The summed E-state index contributed by atoms with van der Waals surface area (Å²) in [4.78, 5) is 25.0. The molecule has 146 valence electrons. The second kappa shape index (κ2) is 6.69. The Morgan fingerprint density at radius 1 is 1.07 bits per heavy atom. The first-order valence-corrected chi connectivity index (χ1v) is 9.39. The minimum Gasteiger partial charge on any atom is -0.478 e. The Hall–Kier alpha value is -2.76. The number of carbonyl (C=O) groups is 2. The van der Waals surface area contributed by atoms with Crippen LogP contribution in [0.2, 0.25) is 0 Å². The lowest BCUT2D eigenvalue weighted by Crippen LogP contribution is -2.40. The number of aromatic carboxylic acids is 1. The van der Waals surface area contributed by atoms with Gasteiger partial charge < -0.3 is 10.0 Å². The van der Waals surface area contributed by atoms with Crippen LogP contribution in [-0.2, 0) is 16.6 Å². The van der Waals surface area contributed by atoms with Crippen molar-refractivity contribution in [3.63, 3.8) is 0 Å². The number of piperidine rings is 1. The van der Waals surface area contributed by atoms with Crippen molar-refractivity contribution in [2.45, 2.75) is 30.6 Å². The molecule has 28 heavy (non-hydrogen) atoms. The van der Waals surface area contributed by atoms with Gasteiger partial charge in [0.05, 0.1) is 16.9 Å². The molecule has 2 aromatic rings.